The average molecular weight is 220 g/mol. The Kier molecular flexibility index (Phi) is 2.87. The molecule has 1 radical (unpaired) electrons. The summed E-state index contributed by atoms with van der Waals surface area (Å²) in [5.74, 6) is 1.50. The third-order valence-electron chi connectivity index (χ3n) is 2.04. The maximum absolute atomic E-state index is 5.28. The highest BCUT2D eigenvalue weighted by Crippen LogP contribution is 2.39. The van der Waals surface area contributed by atoms with Gasteiger partial charge < -0.3 is 9.47 Å². The van der Waals surface area contributed by atoms with Crippen LogP contribution in [0.15, 0.2) is 23.8 Å². The number of benzene rings is 1. The average Bonchev–Trinajstić information content (AvgIpc) is 2.81. The highest BCUT2D eigenvalue weighted by Gasteiger charge is 2.13. The summed E-state index contributed by atoms with van der Waals surface area (Å²) in [7, 11) is 3.26. The predicted molar refractivity (Wildman–Crippen MR) is 59.5 cm³/mol. The summed E-state index contributed by atoms with van der Waals surface area (Å²) in [6.45, 7) is 0. The molecule has 3 nitrogen and oxygen atoms in total. The van der Waals surface area contributed by atoms with Crippen LogP contribution in [0.4, 0.5) is 0 Å². The quantitative estimate of drug-likeness (QED) is 0.796. The van der Waals surface area contributed by atoms with Crippen LogP contribution in [0.2, 0.25) is 0 Å². The molecule has 1 aromatic heterocycles. The molecule has 4 heteroatoms. The monoisotopic (exact) mass is 220 g/mol. The largest absolute Gasteiger partial charge is 0.496 e. The van der Waals surface area contributed by atoms with Gasteiger partial charge in [0.1, 0.15) is 11.5 Å². The fraction of sp³-hybridized carbons (Fsp3) is 0.182. The SMILES string of the molecule is COc1c[c]cc(OC)c1-c1cncs1. The summed E-state index contributed by atoms with van der Waals surface area (Å²) in [6, 6.07) is 6.55. The molecule has 2 rings (SSSR count). The standard InChI is InChI=1S/C11H10NO2S/c1-13-8-4-3-5-9(14-2)11(8)10-6-12-7-15-10/h4-7H,1-2H3. The minimum Gasteiger partial charge on any atom is -0.496 e. The smallest absolute Gasteiger partial charge is 0.131 e. The van der Waals surface area contributed by atoms with Crippen molar-refractivity contribution in [2.75, 3.05) is 14.2 Å². The van der Waals surface area contributed by atoms with Crippen LogP contribution in [-0.4, -0.2) is 19.2 Å². The molecule has 0 aliphatic rings. The first-order valence-electron chi connectivity index (χ1n) is 4.37. The number of thiazole rings is 1. The van der Waals surface area contributed by atoms with Crippen LogP contribution in [0.1, 0.15) is 0 Å². The van der Waals surface area contributed by atoms with E-state index in [0.717, 1.165) is 21.9 Å². The Labute approximate surface area is 92.3 Å². The molecule has 0 amide bonds. The highest BCUT2D eigenvalue weighted by molar-refractivity contribution is 7.13. The van der Waals surface area contributed by atoms with Gasteiger partial charge in [-0.15, -0.1) is 11.3 Å². The fourth-order valence-electron chi connectivity index (χ4n) is 1.36. The molecule has 77 valence electrons. The van der Waals surface area contributed by atoms with Gasteiger partial charge in [0.15, 0.2) is 0 Å². The van der Waals surface area contributed by atoms with Crippen molar-refractivity contribution in [3.63, 3.8) is 0 Å². The van der Waals surface area contributed by atoms with E-state index < -0.39 is 0 Å². The molecule has 0 bridgehead atoms. The van der Waals surface area contributed by atoms with E-state index in [1.54, 1.807) is 49.4 Å². The van der Waals surface area contributed by atoms with Gasteiger partial charge in [0.05, 0.1) is 30.2 Å². The van der Waals surface area contributed by atoms with Crippen molar-refractivity contribution in [1.82, 2.24) is 4.98 Å². The summed E-state index contributed by atoms with van der Waals surface area (Å²) in [5, 5.41) is 0. The highest BCUT2D eigenvalue weighted by atomic mass is 32.1. The molecule has 1 aromatic carbocycles. The van der Waals surface area contributed by atoms with Crippen molar-refractivity contribution < 1.29 is 9.47 Å². The number of rotatable bonds is 3. The zero-order chi connectivity index (χ0) is 10.7. The second-order valence-electron chi connectivity index (χ2n) is 2.83. The number of nitrogens with zero attached hydrogens (tertiary/aromatic N) is 1. The third kappa shape index (κ3) is 1.80. The molecule has 0 unspecified atom stereocenters. The molecule has 0 aliphatic carbocycles. The van der Waals surface area contributed by atoms with Crippen LogP contribution >= 0.6 is 11.3 Å². The van der Waals surface area contributed by atoms with Crippen LogP contribution in [-0.2, 0) is 0 Å². The van der Waals surface area contributed by atoms with Gasteiger partial charge in [-0.25, -0.2) is 0 Å². The van der Waals surface area contributed by atoms with E-state index in [1.165, 1.54) is 0 Å². The Hall–Kier alpha value is -1.55. The van der Waals surface area contributed by atoms with Gasteiger partial charge in [-0.2, -0.15) is 0 Å². The maximum atomic E-state index is 5.28. The number of ether oxygens (including phenoxy) is 2. The summed E-state index contributed by atoms with van der Waals surface area (Å²) in [5.41, 5.74) is 2.71. The van der Waals surface area contributed by atoms with E-state index in [9.17, 15) is 0 Å². The van der Waals surface area contributed by atoms with Gasteiger partial charge in [0.2, 0.25) is 0 Å². The van der Waals surface area contributed by atoms with Crippen LogP contribution in [0.25, 0.3) is 10.4 Å². The topological polar surface area (TPSA) is 31.4 Å². The first-order chi connectivity index (χ1) is 7.36. The van der Waals surface area contributed by atoms with Crippen molar-refractivity contribution in [2.45, 2.75) is 0 Å². The van der Waals surface area contributed by atoms with Crippen LogP contribution in [0.5, 0.6) is 11.5 Å². The van der Waals surface area contributed by atoms with E-state index >= 15 is 0 Å². The molecular formula is C11H10NO2S. The van der Waals surface area contributed by atoms with E-state index in [-0.39, 0.29) is 0 Å². The number of methoxy groups -OCH3 is 2. The van der Waals surface area contributed by atoms with Crippen molar-refractivity contribution >= 4 is 11.3 Å². The Morgan fingerprint density at radius 3 is 2.33 bits per heavy atom. The molecule has 0 N–H and O–H groups in total. The summed E-state index contributed by atoms with van der Waals surface area (Å²) >= 11 is 1.55. The van der Waals surface area contributed by atoms with Gasteiger partial charge in [-0.3, -0.25) is 4.98 Å². The van der Waals surface area contributed by atoms with Gasteiger partial charge in [0, 0.05) is 6.20 Å². The molecule has 15 heavy (non-hydrogen) atoms. The van der Waals surface area contributed by atoms with Gasteiger partial charge in [0.25, 0.3) is 0 Å². The molecule has 1 heterocycles. The zero-order valence-corrected chi connectivity index (χ0v) is 9.30. The molecule has 0 aliphatic heterocycles. The number of hydrogen-bond donors (Lipinski definition) is 0. The minimum absolute atomic E-state index is 0.749. The van der Waals surface area contributed by atoms with E-state index in [0.29, 0.717) is 0 Å². The second-order valence-corrected chi connectivity index (χ2v) is 3.72. The zero-order valence-electron chi connectivity index (χ0n) is 8.48. The Balaban J connectivity index is 2.61. The Morgan fingerprint density at radius 2 is 1.87 bits per heavy atom. The molecule has 0 fully saturated rings. The molecule has 0 saturated heterocycles. The predicted octanol–water partition coefficient (Wildman–Crippen LogP) is 2.63. The van der Waals surface area contributed by atoms with Crippen LogP contribution < -0.4 is 9.47 Å². The van der Waals surface area contributed by atoms with Gasteiger partial charge >= 0.3 is 0 Å². The van der Waals surface area contributed by atoms with Crippen molar-refractivity contribution in [3.8, 4) is 21.9 Å². The summed E-state index contributed by atoms with van der Waals surface area (Å²) < 4.78 is 10.6. The van der Waals surface area contributed by atoms with Crippen molar-refractivity contribution in [1.29, 1.82) is 0 Å². The Bertz CT molecular complexity index is 418. The van der Waals surface area contributed by atoms with Crippen LogP contribution in [0.3, 0.4) is 0 Å². The number of hydrogen-bond acceptors (Lipinski definition) is 4. The lowest BCUT2D eigenvalue weighted by Gasteiger charge is -2.10. The van der Waals surface area contributed by atoms with Crippen molar-refractivity contribution in [3.05, 3.63) is 29.9 Å². The lowest BCUT2D eigenvalue weighted by atomic mass is 10.1. The molecule has 0 saturated carbocycles. The van der Waals surface area contributed by atoms with Crippen molar-refractivity contribution in [2.24, 2.45) is 0 Å². The van der Waals surface area contributed by atoms with E-state index in [2.05, 4.69) is 11.1 Å². The second kappa shape index (κ2) is 4.31. The molecular weight excluding hydrogens is 210 g/mol. The first-order valence-corrected chi connectivity index (χ1v) is 5.25. The van der Waals surface area contributed by atoms with E-state index in [1.807, 2.05) is 0 Å². The minimum atomic E-state index is 0.749. The third-order valence-corrected chi connectivity index (χ3v) is 2.83. The van der Waals surface area contributed by atoms with Gasteiger partial charge in [-0.1, -0.05) is 0 Å². The summed E-state index contributed by atoms with van der Waals surface area (Å²) in [4.78, 5) is 5.07. The maximum Gasteiger partial charge on any atom is 0.131 e. The fourth-order valence-corrected chi connectivity index (χ4v) is 2.04. The number of aromatic nitrogens is 1. The molecule has 0 spiro atoms. The molecule has 0 atom stereocenters. The van der Waals surface area contributed by atoms with E-state index in [4.69, 9.17) is 9.47 Å². The molecule has 2 aromatic rings. The Morgan fingerprint density at radius 1 is 1.20 bits per heavy atom. The van der Waals surface area contributed by atoms with Crippen LogP contribution in [0, 0.1) is 6.07 Å². The normalized spacial score (nSPS) is 10.0. The summed E-state index contributed by atoms with van der Waals surface area (Å²) in [6.07, 6.45) is 1.80. The first kappa shape index (κ1) is 9.98. The lowest BCUT2D eigenvalue weighted by Crippen LogP contribution is -1.91. The lowest BCUT2D eigenvalue weighted by molar-refractivity contribution is 0.397. The van der Waals surface area contributed by atoms with Gasteiger partial charge in [-0.05, 0) is 18.2 Å².